The maximum absolute atomic E-state index is 4.34. The monoisotopic (exact) mass is 305 g/mol. The van der Waals surface area contributed by atoms with Gasteiger partial charge in [0.25, 0.3) is 0 Å². The molecule has 2 aromatic carbocycles. The smallest absolute Gasteiger partial charge is 0.412 e. The molecule has 1 heterocycles. The van der Waals surface area contributed by atoms with Gasteiger partial charge in [-0.2, -0.15) is 42.0 Å². The Morgan fingerprint density at radius 2 is 1.50 bits per heavy atom. The van der Waals surface area contributed by atoms with E-state index >= 15 is 0 Å². The number of hydrogen-bond donors (Lipinski definition) is 0. The fourth-order valence-corrected chi connectivity index (χ4v) is 1.86. The van der Waals surface area contributed by atoms with Gasteiger partial charge in [0.1, 0.15) is 0 Å². The van der Waals surface area contributed by atoms with Gasteiger partial charge in [0.05, 0.1) is 0 Å². The van der Waals surface area contributed by atoms with Gasteiger partial charge in [-0.15, -0.1) is 23.8 Å². The molecule has 0 atom stereocenters. The van der Waals surface area contributed by atoms with E-state index in [-0.39, 0.29) is 22.0 Å². The van der Waals surface area contributed by atoms with Gasteiger partial charge in [-0.3, -0.25) is 4.98 Å². The second-order valence-corrected chi connectivity index (χ2v) is 3.97. The van der Waals surface area contributed by atoms with Crippen LogP contribution in [-0.2, 0) is 16.5 Å². The molecule has 3 aromatic rings. The van der Waals surface area contributed by atoms with Crippen molar-refractivity contribution in [2.45, 2.75) is 0 Å². The number of aromatic nitrogens is 1. The number of benzene rings is 2. The van der Waals surface area contributed by atoms with Gasteiger partial charge >= 0.3 is 16.5 Å². The topological polar surface area (TPSA) is 44.4 Å². The minimum Gasteiger partial charge on any atom is -0.412 e. The van der Waals surface area contributed by atoms with E-state index < -0.39 is 0 Å². The summed E-state index contributed by atoms with van der Waals surface area (Å²) < 4.78 is 0. The first-order chi connectivity index (χ1) is 8.93. The average molecular weight is 306 g/mol. The second kappa shape index (κ2) is 7.59. The molecule has 0 bridgehead atoms. The SMILES string of the molecule is O.[Ni+2].[c-]1ccccc1-c1[c-]c(-c2ccccn2)ccc1. The van der Waals surface area contributed by atoms with Crippen molar-refractivity contribution in [1.29, 1.82) is 0 Å². The Morgan fingerprint density at radius 3 is 2.20 bits per heavy atom. The molecule has 1 aromatic heterocycles. The molecule has 3 rings (SSSR count). The minimum absolute atomic E-state index is 0. The average Bonchev–Trinajstić information content (AvgIpc) is 2.49. The molecule has 0 saturated carbocycles. The molecule has 0 aliphatic heterocycles. The van der Waals surface area contributed by atoms with Crippen LogP contribution >= 0.6 is 0 Å². The van der Waals surface area contributed by atoms with Crippen molar-refractivity contribution >= 4 is 0 Å². The summed E-state index contributed by atoms with van der Waals surface area (Å²) in [5.74, 6) is 0. The second-order valence-electron chi connectivity index (χ2n) is 3.97. The molecule has 3 heteroatoms. The normalized spacial score (nSPS) is 9.20. The number of hydrogen-bond acceptors (Lipinski definition) is 1. The van der Waals surface area contributed by atoms with Crippen LogP contribution in [-0.4, -0.2) is 10.5 Å². The van der Waals surface area contributed by atoms with Crippen LogP contribution < -0.4 is 0 Å². The van der Waals surface area contributed by atoms with Crippen LogP contribution in [0.1, 0.15) is 0 Å². The molecule has 102 valence electrons. The van der Waals surface area contributed by atoms with E-state index in [1.807, 2.05) is 60.7 Å². The Balaban J connectivity index is 0.000001000. The van der Waals surface area contributed by atoms with E-state index in [0.717, 1.165) is 22.4 Å². The standard InChI is InChI=1S/C17H11N.Ni.H2O/c1-2-7-14(8-3-1)15-9-6-10-16(13-15)17-11-4-5-12-18-17;;/h1-7,9-12H;;1H2/q-2;+2;. The Bertz CT molecular complexity index is 587. The Labute approximate surface area is 128 Å². The van der Waals surface area contributed by atoms with Crippen LogP contribution in [0, 0.1) is 12.1 Å². The summed E-state index contributed by atoms with van der Waals surface area (Å²) in [6, 6.07) is 26.5. The summed E-state index contributed by atoms with van der Waals surface area (Å²) in [7, 11) is 0. The van der Waals surface area contributed by atoms with Gasteiger partial charge in [0.15, 0.2) is 0 Å². The van der Waals surface area contributed by atoms with Crippen LogP contribution in [0.25, 0.3) is 22.4 Å². The van der Waals surface area contributed by atoms with Gasteiger partial charge in [0, 0.05) is 11.9 Å². The van der Waals surface area contributed by atoms with Crippen molar-refractivity contribution in [2.24, 2.45) is 0 Å². The van der Waals surface area contributed by atoms with Crippen molar-refractivity contribution in [2.75, 3.05) is 0 Å². The van der Waals surface area contributed by atoms with Crippen molar-refractivity contribution in [1.82, 2.24) is 4.98 Å². The molecule has 0 saturated heterocycles. The van der Waals surface area contributed by atoms with Crippen LogP contribution in [0.3, 0.4) is 0 Å². The maximum atomic E-state index is 4.34. The molecule has 0 fully saturated rings. The summed E-state index contributed by atoms with van der Waals surface area (Å²) in [6.45, 7) is 0. The molecular formula is C17H13NNiO. The fraction of sp³-hybridized carbons (Fsp3) is 0. The first kappa shape index (κ1) is 16.1. The Kier molecular flexibility index (Phi) is 6.11. The zero-order valence-electron chi connectivity index (χ0n) is 10.6. The molecule has 2 N–H and O–H groups in total. The van der Waals surface area contributed by atoms with Crippen LogP contribution in [0.2, 0.25) is 0 Å². The predicted molar refractivity (Wildman–Crippen MR) is 76.4 cm³/mol. The fourth-order valence-electron chi connectivity index (χ4n) is 1.86. The van der Waals surface area contributed by atoms with Crippen molar-refractivity contribution in [3.8, 4) is 22.4 Å². The van der Waals surface area contributed by atoms with Gasteiger partial charge < -0.3 is 5.48 Å². The predicted octanol–water partition coefficient (Wildman–Crippen LogP) is 3.19. The van der Waals surface area contributed by atoms with Crippen LogP contribution in [0.15, 0.2) is 66.9 Å². The van der Waals surface area contributed by atoms with Gasteiger partial charge in [-0.05, 0) is 6.07 Å². The number of pyridine rings is 1. The molecule has 0 amide bonds. The van der Waals surface area contributed by atoms with Gasteiger partial charge in [-0.1, -0.05) is 12.1 Å². The summed E-state index contributed by atoms with van der Waals surface area (Å²) in [4.78, 5) is 4.34. The first-order valence-electron chi connectivity index (χ1n) is 5.84. The number of rotatable bonds is 2. The zero-order chi connectivity index (χ0) is 12.2. The van der Waals surface area contributed by atoms with E-state index in [1.165, 1.54) is 0 Å². The van der Waals surface area contributed by atoms with Crippen molar-refractivity contribution < 1.29 is 22.0 Å². The van der Waals surface area contributed by atoms with Crippen molar-refractivity contribution in [3.05, 3.63) is 79.0 Å². The largest absolute Gasteiger partial charge is 2.00 e. The van der Waals surface area contributed by atoms with E-state index in [1.54, 1.807) is 6.20 Å². The third kappa shape index (κ3) is 3.54. The Morgan fingerprint density at radius 1 is 0.750 bits per heavy atom. The van der Waals surface area contributed by atoms with Gasteiger partial charge in [0.2, 0.25) is 0 Å². The molecule has 0 aliphatic carbocycles. The summed E-state index contributed by atoms with van der Waals surface area (Å²) in [6.07, 6.45) is 1.80. The molecule has 0 aliphatic rings. The third-order valence-electron chi connectivity index (χ3n) is 2.74. The maximum Gasteiger partial charge on any atom is 2.00 e. The summed E-state index contributed by atoms with van der Waals surface area (Å²) >= 11 is 0. The first-order valence-corrected chi connectivity index (χ1v) is 5.84. The van der Waals surface area contributed by atoms with Crippen LogP contribution in [0.5, 0.6) is 0 Å². The zero-order valence-corrected chi connectivity index (χ0v) is 11.6. The van der Waals surface area contributed by atoms with E-state index in [2.05, 4.69) is 17.1 Å². The molecular weight excluding hydrogens is 293 g/mol. The quantitative estimate of drug-likeness (QED) is 0.530. The summed E-state index contributed by atoms with van der Waals surface area (Å²) in [5, 5.41) is 0. The number of nitrogens with zero attached hydrogens (tertiary/aromatic N) is 1. The van der Waals surface area contributed by atoms with E-state index in [4.69, 9.17) is 0 Å². The van der Waals surface area contributed by atoms with Gasteiger partial charge in [-0.25, -0.2) is 5.56 Å². The molecule has 2 nitrogen and oxygen atoms in total. The molecule has 0 radical (unpaired) electrons. The third-order valence-corrected chi connectivity index (χ3v) is 2.74. The molecule has 20 heavy (non-hydrogen) atoms. The van der Waals surface area contributed by atoms with Crippen LogP contribution in [0.4, 0.5) is 0 Å². The molecule has 0 spiro atoms. The van der Waals surface area contributed by atoms with E-state index in [9.17, 15) is 0 Å². The summed E-state index contributed by atoms with van der Waals surface area (Å²) in [5.41, 5.74) is 4.04. The van der Waals surface area contributed by atoms with E-state index in [0.29, 0.717) is 0 Å². The molecule has 0 unspecified atom stereocenters. The Hall–Kier alpha value is -1.96. The minimum atomic E-state index is 0. The van der Waals surface area contributed by atoms with Crippen molar-refractivity contribution in [3.63, 3.8) is 0 Å².